The molecule has 0 amide bonds. The molecule has 1 aromatic carbocycles. The highest BCUT2D eigenvalue weighted by molar-refractivity contribution is 5.49. The van der Waals surface area contributed by atoms with Gasteiger partial charge >= 0.3 is 0 Å². The maximum atomic E-state index is 10.6. The molecule has 0 unspecified atom stereocenters. The van der Waals surface area contributed by atoms with Gasteiger partial charge in [0, 0.05) is 30.2 Å². The summed E-state index contributed by atoms with van der Waals surface area (Å²) in [5.74, 6) is 7.08. The van der Waals surface area contributed by atoms with Gasteiger partial charge in [-0.3, -0.25) is 0 Å². The van der Waals surface area contributed by atoms with Crippen LogP contribution in [0.4, 0.5) is 0 Å². The van der Waals surface area contributed by atoms with Gasteiger partial charge in [-0.25, -0.2) is 0 Å². The number of nitrogens with two attached hydrogens (primary N) is 1. The highest BCUT2D eigenvalue weighted by Crippen LogP contribution is 2.52. The molecule has 2 aliphatic rings. The van der Waals surface area contributed by atoms with Gasteiger partial charge in [0.15, 0.2) is 0 Å². The monoisotopic (exact) mass is 383 g/mol. The first-order valence-corrected chi connectivity index (χ1v) is 10.5. The van der Waals surface area contributed by atoms with Crippen LogP contribution in [0.5, 0.6) is 5.75 Å². The van der Waals surface area contributed by atoms with E-state index in [1.165, 1.54) is 11.1 Å². The van der Waals surface area contributed by atoms with Crippen LogP contribution < -0.4 is 10.5 Å². The fraction of sp³-hybridized carbons (Fsp3) is 0.583. The molecular weight excluding hydrogens is 350 g/mol. The fourth-order valence-corrected chi connectivity index (χ4v) is 4.44. The number of aliphatic hydroxyl groups is 2. The second kappa shape index (κ2) is 9.60. The van der Waals surface area contributed by atoms with Gasteiger partial charge in [0.05, 0.1) is 12.2 Å². The second-order valence-corrected chi connectivity index (χ2v) is 8.13. The molecule has 1 aliphatic heterocycles. The number of hydrogen-bond donors (Lipinski definition) is 3. The molecule has 4 heteroatoms. The zero-order chi connectivity index (χ0) is 20.1. The van der Waals surface area contributed by atoms with E-state index in [1.807, 2.05) is 26.0 Å². The number of fused-ring (bicyclic) bond motifs is 3. The largest absolute Gasteiger partial charge is 0.489 e. The number of rotatable bonds is 8. The van der Waals surface area contributed by atoms with Crippen LogP contribution >= 0.6 is 0 Å². The van der Waals surface area contributed by atoms with Crippen molar-refractivity contribution in [1.82, 2.24) is 0 Å². The van der Waals surface area contributed by atoms with Gasteiger partial charge in [-0.1, -0.05) is 37.3 Å². The molecule has 0 saturated heterocycles. The highest BCUT2D eigenvalue weighted by atomic mass is 16.5. The standard InChI is InChI=1S/C24H33NO3/c1-3-4-8-16(2)20(26)13-12-18-21(27)15-22-23(18)19-11-7-10-17(24(19)28-22)9-5-6-14-25/h7,10-13,16,18,20-23,26-27H,5-6,8-9,14-15,25H2,1-2H3/b13-12+/t16-,18+,20+,21-,22+,23+/m1/s1. The third kappa shape index (κ3) is 4.43. The van der Waals surface area contributed by atoms with Crippen LogP contribution in [0.25, 0.3) is 0 Å². The van der Waals surface area contributed by atoms with Crippen LogP contribution in [0, 0.1) is 23.7 Å². The van der Waals surface area contributed by atoms with E-state index < -0.39 is 12.2 Å². The van der Waals surface area contributed by atoms with Gasteiger partial charge in [-0.05, 0) is 44.2 Å². The summed E-state index contributed by atoms with van der Waals surface area (Å²) in [5.41, 5.74) is 8.06. The first kappa shape index (κ1) is 20.9. The molecule has 4 nitrogen and oxygen atoms in total. The first-order valence-electron chi connectivity index (χ1n) is 10.5. The van der Waals surface area contributed by atoms with Gasteiger partial charge in [-0.2, -0.15) is 0 Å². The minimum absolute atomic E-state index is 0.0100. The quantitative estimate of drug-likeness (QED) is 0.366. The summed E-state index contributed by atoms with van der Waals surface area (Å²) in [5, 5.41) is 21.0. The van der Waals surface area contributed by atoms with E-state index in [-0.39, 0.29) is 23.9 Å². The Morgan fingerprint density at radius 1 is 1.36 bits per heavy atom. The Labute approximate surface area is 168 Å². The predicted octanol–water partition coefficient (Wildman–Crippen LogP) is 3.16. The molecule has 1 fully saturated rings. The summed E-state index contributed by atoms with van der Waals surface area (Å²) in [4.78, 5) is 0. The average molecular weight is 384 g/mol. The number of hydrogen-bond acceptors (Lipinski definition) is 4. The average Bonchev–Trinajstić information content (AvgIpc) is 3.19. The lowest BCUT2D eigenvalue weighted by molar-refractivity contribution is 0.134. The Hall–Kier alpha value is -1.80. The van der Waals surface area contributed by atoms with E-state index in [9.17, 15) is 10.2 Å². The smallest absolute Gasteiger partial charge is 0.126 e. The van der Waals surface area contributed by atoms with Crippen molar-refractivity contribution in [2.24, 2.45) is 17.6 Å². The third-order valence-corrected chi connectivity index (χ3v) is 6.10. The van der Waals surface area contributed by atoms with Crippen LogP contribution in [0.1, 0.15) is 56.6 Å². The van der Waals surface area contributed by atoms with Gasteiger partial charge in [0.1, 0.15) is 11.9 Å². The number of para-hydroxylation sites is 1. The summed E-state index contributed by atoms with van der Waals surface area (Å²) in [6.07, 6.45) is 7.17. The van der Waals surface area contributed by atoms with Gasteiger partial charge < -0.3 is 20.7 Å². The highest BCUT2D eigenvalue weighted by Gasteiger charge is 2.48. The van der Waals surface area contributed by atoms with Crippen molar-refractivity contribution >= 4 is 0 Å². The van der Waals surface area contributed by atoms with E-state index in [0.717, 1.165) is 25.0 Å². The maximum absolute atomic E-state index is 10.6. The van der Waals surface area contributed by atoms with Crippen LogP contribution in [-0.4, -0.2) is 35.1 Å². The summed E-state index contributed by atoms with van der Waals surface area (Å²) in [7, 11) is 0. The van der Waals surface area contributed by atoms with Crippen molar-refractivity contribution in [3.63, 3.8) is 0 Å². The van der Waals surface area contributed by atoms with Crippen molar-refractivity contribution < 1.29 is 14.9 Å². The molecule has 6 atom stereocenters. The van der Waals surface area contributed by atoms with Gasteiger partial charge in [0.25, 0.3) is 0 Å². The molecule has 152 valence electrons. The molecule has 0 spiro atoms. The SMILES string of the molecule is CC#CC[C@@H](C)[C@@H](O)/C=C/[C@@H]1[C@H]2c3cccc(CCCCN)c3O[C@H]2C[C@H]1O. The molecule has 0 bridgehead atoms. The zero-order valence-corrected chi connectivity index (χ0v) is 17.0. The lowest BCUT2D eigenvalue weighted by atomic mass is 9.86. The lowest BCUT2D eigenvalue weighted by Gasteiger charge is -2.19. The Bertz CT molecular complexity index is 748. The molecule has 0 radical (unpaired) electrons. The Kier molecular flexibility index (Phi) is 7.18. The van der Waals surface area contributed by atoms with Crippen molar-refractivity contribution in [1.29, 1.82) is 0 Å². The van der Waals surface area contributed by atoms with E-state index in [4.69, 9.17) is 10.5 Å². The zero-order valence-electron chi connectivity index (χ0n) is 17.0. The van der Waals surface area contributed by atoms with Crippen molar-refractivity contribution in [3.05, 3.63) is 41.5 Å². The number of aliphatic hydroxyl groups excluding tert-OH is 2. The van der Waals surface area contributed by atoms with Crippen LogP contribution in [0.3, 0.4) is 0 Å². The first-order chi connectivity index (χ1) is 13.6. The summed E-state index contributed by atoms with van der Waals surface area (Å²) in [6, 6.07) is 6.35. The Balaban J connectivity index is 1.75. The maximum Gasteiger partial charge on any atom is 0.126 e. The van der Waals surface area contributed by atoms with Crippen LogP contribution in [-0.2, 0) is 6.42 Å². The Morgan fingerprint density at radius 3 is 2.93 bits per heavy atom. The molecular formula is C24H33NO3. The van der Waals surface area contributed by atoms with Gasteiger partial charge in [-0.15, -0.1) is 11.8 Å². The second-order valence-electron chi connectivity index (χ2n) is 8.13. The van der Waals surface area contributed by atoms with E-state index in [2.05, 4.69) is 30.0 Å². The number of unbranched alkanes of at least 4 members (excludes halogenated alkanes) is 1. The van der Waals surface area contributed by atoms with Crippen LogP contribution in [0.2, 0.25) is 0 Å². The summed E-state index contributed by atoms with van der Waals surface area (Å²) in [6.45, 7) is 4.52. The Morgan fingerprint density at radius 2 is 2.18 bits per heavy atom. The third-order valence-electron chi connectivity index (χ3n) is 6.10. The molecule has 1 heterocycles. The summed E-state index contributed by atoms with van der Waals surface area (Å²) >= 11 is 0. The normalized spacial score (nSPS) is 27.6. The van der Waals surface area contributed by atoms with Crippen molar-refractivity contribution in [3.8, 4) is 17.6 Å². The molecule has 28 heavy (non-hydrogen) atoms. The van der Waals surface area contributed by atoms with Crippen molar-refractivity contribution in [2.75, 3.05) is 6.54 Å². The van der Waals surface area contributed by atoms with E-state index >= 15 is 0 Å². The summed E-state index contributed by atoms with van der Waals surface area (Å²) < 4.78 is 6.29. The number of aryl methyl sites for hydroxylation is 1. The molecule has 1 aromatic rings. The minimum Gasteiger partial charge on any atom is -0.489 e. The molecule has 4 N–H and O–H groups in total. The minimum atomic E-state index is -0.559. The predicted molar refractivity (Wildman–Crippen MR) is 112 cm³/mol. The van der Waals surface area contributed by atoms with Gasteiger partial charge in [0.2, 0.25) is 0 Å². The van der Waals surface area contributed by atoms with Crippen LogP contribution in [0.15, 0.2) is 30.4 Å². The topological polar surface area (TPSA) is 75.7 Å². The number of benzene rings is 1. The fourth-order valence-electron chi connectivity index (χ4n) is 4.44. The van der Waals surface area contributed by atoms with E-state index in [0.29, 0.717) is 19.4 Å². The molecule has 3 rings (SSSR count). The lowest BCUT2D eigenvalue weighted by Crippen LogP contribution is -2.19. The molecule has 1 saturated carbocycles. The molecule has 0 aromatic heterocycles. The molecule has 1 aliphatic carbocycles. The van der Waals surface area contributed by atoms with E-state index in [1.54, 1.807) is 0 Å². The number of ether oxygens (including phenoxy) is 1. The van der Waals surface area contributed by atoms with Crippen molar-refractivity contribution in [2.45, 2.75) is 70.2 Å².